The second-order valence-corrected chi connectivity index (χ2v) is 5.59. The van der Waals surface area contributed by atoms with Crippen LogP contribution < -0.4 is 5.73 Å². The van der Waals surface area contributed by atoms with Gasteiger partial charge in [-0.2, -0.15) is 0 Å². The lowest BCUT2D eigenvalue weighted by atomic mass is 9.90. The lowest BCUT2D eigenvalue weighted by Crippen LogP contribution is -2.01. The van der Waals surface area contributed by atoms with Crippen LogP contribution in [0.3, 0.4) is 0 Å². The summed E-state index contributed by atoms with van der Waals surface area (Å²) in [6.07, 6.45) is 3.91. The summed E-state index contributed by atoms with van der Waals surface area (Å²) < 4.78 is 19.6. The highest BCUT2D eigenvalue weighted by molar-refractivity contribution is 6.33. The van der Waals surface area contributed by atoms with E-state index >= 15 is 0 Å². The van der Waals surface area contributed by atoms with Gasteiger partial charge in [-0.15, -0.1) is 0 Å². The van der Waals surface area contributed by atoms with Gasteiger partial charge in [0, 0.05) is 11.5 Å². The minimum Gasteiger partial charge on any atom is -0.380 e. The van der Waals surface area contributed by atoms with E-state index in [1.54, 1.807) is 12.1 Å². The highest BCUT2D eigenvalue weighted by atomic mass is 35.5. The average Bonchev–Trinajstić information content (AvgIpc) is 2.81. The molecule has 0 saturated heterocycles. The number of halogens is 2. The maximum absolute atomic E-state index is 14.2. The number of hydrogen-bond donors (Lipinski definition) is 1. The lowest BCUT2D eigenvalue weighted by Gasteiger charge is -2.14. The Morgan fingerprint density at radius 1 is 1.24 bits per heavy atom. The highest BCUT2D eigenvalue weighted by Gasteiger charge is 2.26. The van der Waals surface area contributed by atoms with Gasteiger partial charge in [-0.1, -0.05) is 49.5 Å². The molecular formula is C16H20ClFN2O. The molecule has 0 aliphatic carbocycles. The Bertz CT molecular complexity index is 586. The zero-order valence-electron chi connectivity index (χ0n) is 12.3. The van der Waals surface area contributed by atoms with E-state index in [1.165, 1.54) is 6.07 Å². The van der Waals surface area contributed by atoms with Crippen molar-refractivity contribution in [2.45, 2.75) is 45.4 Å². The van der Waals surface area contributed by atoms with Crippen molar-refractivity contribution in [2.24, 2.45) is 0 Å². The Balaban J connectivity index is 2.56. The largest absolute Gasteiger partial charge is 0.380 e. The minimum atomic E-state index is -0.412. The minimum absolute atomic E-state index is 0.176. The molecule has 0 aliphatic heterocycles. The molecule has 1 aromatic heterocycles. The fourth-order valence-electron chi connectivity index (χ4n) is 2.69. The molecule has 3 nitrogen and oxygen atoms in total. The van der Waals surface area contributed by atoms with Gasteiger partial charge in [0.05, 0.1) is 10.6 Å². The summed E-state index contributed by atoms with van der Waals surface area (Å²) in [4.78, 5) is 0. The summed E-state index contributed by atoms with van der Waals surface area (Å²) >= 11 is 6.16. The summed E-state index contributed by atoms with van der Waals surface area (Å²) in [6.45, 7) is 4.22. The van der Waals surface area contributed by atoms with E-state index in [9.17, 15) is 4.39 Å². The van der Waals surface area contributed by atoms with E-state index in [1.807, 2.05) is 0 Å². The molecule has 2 aromatic rings. The number of nitrogens with zero attached hydrogens (tertiary/aromatic N) is 1. The Morgan fingerprint density at radius 3 is 2.48 bits per heavy atom. The van der Waals surface area contributed by atoms with Crippen molar-refractivity contribution in [1.82, 2.24) is 5.16 Å². The van der Waals surface area contributed by atoms with Gasteiger partial charge in [-0.3, -0.25) is 0 Å². The normalized spacial score (nSPS) is 11.3. The smallest absolute Gasteiger partial charge is 0.175 e. The number of hydrogen-bond acceptors (Lipinski definition) is 3. The van der Waals surface area contributed by atoms with Crippen molar-refractivity contribution in [3.8, 4) is 11.1 Å². The Kier molecular flexibility index (Phi) is 5.23. The van der Waals surface area contributed by atoms with Gasteiger partial charge in [-0.25, -0.2) is 4.39 Å². The maximum Gasteiger partial charge on any atom is 0.175 e. The molecule has 0 radical (unpaired) electrons. The van der Waals surface area contributed by atoms with E-state index in [2.05, 4.69) is 19.0 Å². The summed E-state index contributed by atoms with van der Waals surface area (Å²) in [5.74, 6) is 0.596. The predicted molar refractivity (Wildman–Crippen MR) is 83.9 cm³/mol. The molecule has 5 heteroatoms. The number of aromatic nitrogens is 1. The Morgan fingerprint density at radius 2 is 1.90 bits per heavy atom. The number of nitrogen functional groups attached to an aromatic ring is 1. The summed E-state index contributed by atoms with van der Waals surface area (Å²) in [5.41, 5.74) is 6.70. The van der Waals surface area contributed by atoms with Crippen LogP contribution in [0.15, 0.2) is 22.7 Å². The van der Waals surface area contributed by atoms with E-state index < -0.39 is 5.82 Å². The van der Waals surface area contributed by atoms with Gasteiger partial charge in [0.1, 0.15) is 11.6 Å². The van der Waals surface area contributed by atoms with E-state index in [4.69, 9.17) is 21.9 Å². The van der Waals surface area contributed by atoms with Crippen LogP contribution in [0.2, 0.25) is 5.02 Å². The third-order valence-corrected chi connectivity index (χ3v) is 3.92. The number of nitrogens with two attached hydrogens (primary N) is 1. The van der Waals surface area contributed by atoms with Crippen LogP contribution in [0.5, 0.6) is 0 Å². The van der Waals surface area contributed by atoms with Crippen molar-refractivity contribution in [1.29, 1.82) is 0 Å². The zero-order valence-corrected chi connectivity index (χ0v) is 13.1. The molecule has 2 N–H and O–H groups in total. The lowest BCUT2D eigenvalue weighted by molar-refractivity contribution is 0.346. The van der Waals surface area contributed by atoms with Crippen molar-refractivity contribution in [3.05, 3.63) is 34.8 Å². The van der Waals surface area contributed by atoms with Crippen LogP contribution in [-0.4, -0.2) is 5.16 Å². The molecule has 0 spiro atoms. The molecular weight excluding hydrogens is 291 g/mol. The standard InChI is InChI=1S/C16H20ClFN2O/c1-3-6-10(7-4-2)15-14(16(19)20-21-15)13-11(17)8-5-9-12(13)18/h5,8-10H,3-4,6-7H2,1-2H3,(H2,19,20). The SMILES string of the molecule is CCCC(CCC)c1onc(N)c1-c1c(F)cccc1Cl. The highest BCUT2D eigenvalue weighted by Crippen LogP contribution is 2.41. The van der Waals surface area contributed by atoms with Gasteiger partial charge in [0.25, 0.3) is 0 Å². The van der Waals surface area contributed by atoms with Crippen molar-refractivity contribution >= 4 is 17.4 Å². The van der Waals surface area contributed by atoms with E-state index in [0.29, 0.717) is 16.3 Å². The van der Waals surface area contributed by atoms with Crippen LogP contribution in [0.4, 0.5) is 10.2 Å². The molecule has 2 rings (SSSR count). The van der Waals surface area contributed by atoms with Crippen molar-refractivity contribution < 1.29 is 8.91 Å². The van der Waals surface area contributed by atoms with Gasteiger partial charge in [0.2, 0.25) is 0 Å². The Hall–Kier alpha value is -1.55. The molecule has 1 aromatic carbocycles. The quantitative estimate of drug-likeness (QED) is 0.777. The van der Waals surface area contributed by atoms with Crippen LogP contribution >= 0.6 is 11.6 Å². The monoisotopic (exact) mass is 310 g/mol. The van der Waals surface area contributed by atoms with Crippen LogP contribution in [0.25, 0.3) is 11.1 Å². The molecule has 0 aliphatic rings. The van der Waals surface area contributed by atoms with Gasteiger partial charge < -0.3 is 10.3 Å². The first kappa shape index (κ1) is 15.8. The van der Waals surface area contributed by atoms with Gasteiger partial charge >= 0.3 is 0 Å². The van der Waals surface area contributed by atoms with Gasteiger partial charge in [0.15, 0.2) is 5.82 Å². The van der Waals surface area contributed by atoms with Gasteiger partial charge in [-0.05, 0) is 25.0 Å². The first-order chi connectivity index (χ1) is 10.1. The Labute approximate surface area is 129 Å². The third kappa shape index (κ3) is 3.21. The average molecular weight is 311 g/mol. The molecule has 0 saturated carbocycles. The second-order valence-electron chi connectivity index (χ2n) is 5.18. The third-order valence-electron chi connectivity index (χ3n) is 3.60. The van der Waals surface area contributed by atoms with Crippen molar-refractivity contribution in [2.75, 3.05) is 5.73 Å². The molecule has 0 unspecified atom stereocenters. The molecule has 0 amide bonds. The topological polar surface area (TPSA) is 52.0 Å². The van der Waals surface area contributed by atoms with E-state index in [-0.39, 0.29) is 17.3 Å². The summed E-state index contributed by atoms with van der Waals surface area (Å²) in [6, 6.07) is 4.58. The molecule has 0 bridgehead atoms. The van der Waals surface area contributed by atoms with Crippen LogP contribution in [0, 0.1) is 5.82 Å². The number of benzene rings is 1. The second kappa shape index (κ2) is 6.94. The maximum atomic E-state index is 14.2. The molecule has 1 heterocycles. The summed E-state index contributed by atoms with van der Waals surface area (Å²) in [5, 5.41) is 4.16. The predicted octanol–water partition coefficient (Wildman–Crippen LogP) is 5.40. The first-order valence-corrected chi connectivity index (χ1v) is 7.67. The van der Waals surface area contributed by atoms with E-state index in [0.717, 1.165) is 25.7 Å². The molecule has 114 valence electrons. The van der Waals surface area contributed by atoms with Crippen LogP contribution in [-0.2, 0) is 0 Å². The fraction of sp³-hybridized carbons (Fsp3) is 0.438. The molecule has 21 heavy (non-hydrogen) atoms. The molecule has 0 fully saturated rings. The van der Waals surface area contributed by atoms with Crippen LogP contribution in [0.1, 0.15) is 51.2 Å². The van der Waals surface area contributed by atoms with Crippen molar-refractivity contribution in [3.63, 3.8) is 0 Å². The fourth-order valence-corrected chi connectivity index (χ4v) is 2.94. The molecule has 0 atom stereocenters. The number of rotatable bonds is 6. The first-order valence-electron chi connectivity index (χ1n) is 7.29. The number of anilines is 1. The summed E-state index contributed by atoms with van der Waals surface area (Å²) in [7, 11) is 0. The zero-order chi connectivity index (χ0) is 15.4.